The van der Waals surface area contributed by atoms with Crippen molar-refractivity contribution in [3.8, 4) is 0 Å². The highest BCUT2D eigenvalue weighted by atomic mass is 19.4. The zero-order valence-electron chi connectivity index (χ0n) is 13.2. The molecule has 1 aromatic rings. The van der Waals surface area contributed by atoms with Crippen LogP contribution in [-0.2, 0) is 11.0 Å². The number of hydrogen-bond acceptors (Lipinski definition) is 3. The molecule has 5 nitrogen and oxygen atoms in total. The molecule has 24 heavy (non-hydrogen) atoms. The maximum absolute atomic E-state index is 12.4. The van der Waals surface area contributed by atoms with Crippen molar-refractivity contribution in [3.63, 3.8) is 0 Å². The molecular weight excluding hydrogens is 325 g/mol. The number of aliphatic hydroxyl groups is 1. The van der Waals surface area contributed by atoms with Crippen molar-refractivity contribution in [3.05, 3.63) is 35.4 Å². The Hall–Kier alpha value is -2.09. The van der Waals surface area contributed by atoms with E-state index in [4.69, 9.17) is 5.11 Å². The van der Waals surface area contributed by atoms with Gasteiger partial charge in [0, 0.05) is 25.1 Å². The van der Waals surface area contributed by atoms with Crippen molar-refractivity contribution >= 4 is 11.8 Å². The summed E-state index contributed by atoms with van der Waals surface area (Å²) < 4.78 is 37.3. The number of rotatable bonds is 9. The van der Waals surface area contributed by atoms with Crippen LogP contribution in [-0.4, -0.2) is 36.6 Å². The predicted molar refractivity (Wildman–Crippen MR) is 82.3 cm³/mol. The van der Waals surface area contributed by atoms with Gasteiger partial charge in [-0.2, -0.15) is 13.2 Å². The summed E-state index contributed by atoms with van der Waals surface area (Å²) in [5.74, 6) is -0.553. The van der Waals surface area contributed by atoms with E-state index in [0.29, 0.717) is 25.8 Å². The summed E-state index contributed by atoms with van der Waals surface area (Å²) in [6.45, 7) is 0.530. The molecule has 0 saturated carbocycles. The standard InChI is InChI=1S/C16H21F3N2O3/c17-16(18,19)13-7-5-12(6-8-13)15(24)21-9-3-1-2-4-14(23)20-10-11-22/h5-8,22H,1-4,9-11H2,(H,20,23)(H,21,24). The minimum atomic E-state index is -4.42. The topological polar surface area (TPSA) is 78.4 Å². The molecule has 8 heteroatoms. The molecule has 2 amide bonds. The molecule has 0 spiro atoms. The van der Waals surface area contributed by atoms with Crippen LogP contribution in [0.4, 0.5) is 13.2 Å². The van der Waals surface area contributed by atoms with Crippen LogP contribution in [0.2, 0.25) is 0 Å². The number of carbonyl (C=O) groups excluding carboxylic acids is 2. The molecule has 3 N–H and O–H groups in total. The van der Waals surface area contributed by atoms with Crippen LogP contribution in [0.25, 0.3) is 0 Å². The molecule has 0 aromatic heterocycles. The molecule has 0 radical (unpaired) electrons. The summed E-state index contributed by atoms with van der Waals surface area (Å²) in [6, 6.07) is 4.03. The molecule has 0 heterocycles. The summed E-state index contributed by atoms with van der Waals surface area (Å²) in [7, 11) is 0. The number of hydrogen-bond donors (Lipinski definition) is 3. The average molecular weight is 346 g/mol. The second-order valence-electron chi connectivity index (χ2n) is 5.22. The molecule has 1 rings (SSSR count). The van der Waals surface area contributed by atoms with Gasteiger partial charge in [-0.3, -0.25) is 9.59 Å². The second kappa shape index (κ2) is 9.92. The predicted octanol–water partition coefficient (Wildman–Crippen LogP) is 2.10. The minimum Gasteiger partial charge on any atom is -0.395 e. The van der Waals surface area contributed by atoms with Gasteiger partial charge in [0.1, 0.15) is 0 Å². The largest absolute Gasteiger partial charge is 0.416 e. The van der Waals surface area contributed by atoms with Gasteiger partial charge in [0.25, 0.3) is 5.91 Å². The molecule has 0 fully saturated rings. The van der Waals surface area contributed by atoms with Gasteiger partial charge in [-0.25, -0.2) is 0 Å². The van der Waals surface area contributed by atoms with E-state index in [2.05, 4.69) is 10.6 Å². The Labute approximate surface area is 138 Å². The third-order valence-corrected chi connectivity index (χ3v) is 3.27. The van der Waals surface area contributed by atoms with Gasteiger partial charge in [-0.15, -0.1) is 0 Å². The number of aliphatic hydroxyl groups excluding tert-OH is 1. The SMILES string of the molecule is O=C(CCCCCNC(=O)c1ccc(C(F)(F)F)cc1)NCCO. The Morgan fingerprint density at radius 3 is 2.21 bits per heavy atom. The van der Waals surface area contributed by atoms with E-state index < -0.39 is 17.6 Å². The second-order valence-corrected chi connectivity index (χ2v) is 5.22. The van der Waals surface area contributed by atoms with Crippen molar-refractivity contribution in [2.24, 2.45) is 0 Å². The average Bonchev–Trinajstić information content (AvgIpc) is 2.55. The first-order valence-corrected chi connectivity index (χ1v) is 7.67. The lowest BCUT2D eigenvalue weighted by atomic mass is 10.1. The smallest absolute Gasteiger partial charge is 0.395 e. The number of amides is 2. The summed E-state index contributed by atoms with van der Waals surface area (Å²) in [5, 5.41) is 13.7. The molecule has 0 aliphatic rings. The maximum Gasteiger partial charge on any atom is 0.416 e. The number of benzene rings is 1. The lowest BCUT2D eigenvalue weighted by Gasteiger charge is -2.08. The van der Waals surface area contributed by atoms with Crippen LogP contribution in [0.15, 0.2) is 24.3 Å². The van der Waals surface area contributed by atoms with E-state index in [1.54, 1.807) is 0 Å². The highest BCUT2D eigenvalue weighted by molar-refractivity contribution is 5.94. The molecule has 0 unspecified atom stereocenters. The van der Waals surface area contributed by atoms with Crippen molar-refractivity contribution in [1.82, 2.24) is 10.6 Å². The lowest BCUT2D eigenvalue weighted by Crippen LogP contribution is -2.26. The van der Waals surface area contributed by atoms with Crippen LogP contribution in [0.1, 0.15) is 41.6 Å². The quantitative estimate of drug-likeness (QED) is 0.599. The van der Waals surface area contributed by atoms with Gasteiger partial charge < -0.3 is 15.7 Å². The summed E-state index contributed by atoms with van der Waals surface area (Å²) in [4.78, 5) is 23.0. The van der Waals surface area contributed by atoms with E-state index in [1.807, 2.05) is 0 Å². The number of halogens is 3. The highest BCUT2D eigenvalue weighted by Gasteiger charge is 2.30. The Bertz CT molecular complexity index is 530. The first-order chi connectivity index (χ1) is 11.3. The molecule has 1 aromatic carbocycles. The van der Waals surface area contributed by atoms with Gasteiger partial charge in [0.2, 0.25) is 5.91 Å². The van der Waals surface area contributed by atoms with Crippen LogP contribution < -0.4 is 10.6 Å². The third kappa shape index (κ3) is 7.45. The minimum absolute atomic E-state index is 0.0955. The van der Waals surface area contributed by atoms with Crippen molar-refractivity contribution in [1.29, 1.82) is 0 Å². The lowest BCUT2D eigenvalue weighted by molar-refractivity contribution is -0.137. The highest BCUT2D eigenvalue weighted by Crippen LogP contribution is 2.29. The Morgan fingerprint density at radius 2 is 1.62 bits per heavy atom. The van der Waals surface area contributed by atoms with Gasteiger partial charge >= 0.3 is 6.18 Å². The fourth-order valence-electron chi connectivity index (χ4n) is 1.99. The summed E-state index contributed by atoms with van der Waals surface area (Å²) in [6.07, 6.45) is -2.00. The van der Waals surface area contributed by atoms with E-state index in [1.165, 1.54) is 0 Å². The molecule has 0 atom stereocenters. The van der Waals surface area contributed by atoms with Gasteiger partial charge in [-0.1, -0.05) is 6.42 Å². The third-order valence-electron chi connectivity index (χ3n) is 3.27. The maximum atomic E-state index is 12.4. The normalized spacial score (nSPS) is 11.2. The van der Waals surface area contributed by atoms with E-state index in [9.17, 15) is 22.8 Å². The first-order valence-electron chi connectivity index (χ1n) is 7.67. The fraction of sp³-hybridized carbons (Fsp3) is 0.500. The van der Waals surface area contributed by atoms with Crippen LogP contribution in [0.5, 0.6) is 0 Å². The Morgan fingerprint density at radius 1 is 0.958 bits per heavy atom. The molecule has 0 saturated heterocycles. The van der Waals surface area contributed by atoms with E-state index >= 15 is 0 Å². The molecule has 0 aliphatic carbocycles. The monoisotopic (exact) mass is 346 g/mol. The van der Waals surface area contributed by atoms with Crippen LogP contribution in [0, 0.1) is 0 Å². The fourth-order valence-corrected chi connectivity index (χ4v) is 1.99. The molecule has 0 bridgehead atoms. The molecular formula is C16H21F3N2O3. The Balaban J connectivity index is 2.21. The number of unbranched alkanes of at least 4 members (excludes halogenated alkanes) is 2. The van der Waals surface area contributed by atoms with Crippen molar-refractivity contribution in [2.75, 3.05) is 19.7 Å². The number of alkyl halides is 3. The van der Waals surface area contributed by atoms with Gasteiger partial charge in [-0.05, 0) is 37.1 Å². The first kappa shape index (κ1) is 20.0. The van der Waals surface area contributed by atoms with Crippen molar-refractivity contribution < 1.29 is 27.9 Å². The number of nitrogens with one attached hydrogen (secondary N) is 2. The van der Waals surface area contributed by atoms with Crippen LogP contribution in [0.3, 0.4) is 0 Å². The van der Waals surface area contributed by atoms with Gasteiger partial charge in [0.15, 0.2) is 0 Å². The zero-order valence-corrected chi connectivity index (χ0v) is 13.2. The van der Waals surface area contributed by atoms with Crippen molar-refractivity contribution in [2.45, 2.75) is 31.9 Å². The summed E-state index contributed by atoms with van der Waals surface area (Å²) in [5.41, 5.74) is -0.620. The zero-order chi connectivity index (χ0) is 18.0. The van der Waals surface area contributed by atoms with Crippen LogP contribution >= 0.6 is 0 Å². The van der Waals surface area contributed by atoms with E-state index in [-0.39, 0.29) is 24.6 Å². The number of carbonyl (C=O) groups is 2. The Kier molecular flexibility index (Phi) is 8.25. The van der Waals surface area contributed by atoms with E-state index in [0.717, 1.165) is 30.7 Å². The molecule has 134 valence electrons. The van der Waals surface area contributed by atoms with Gasteiger partial charge in [0.05, 0.1) is 12.2 Å². The summed E-state index contributed by atoms with van der Waals surface area (Å²) >= 11 is 0. The molecule has 0 aliphatic heterocycles.